The number of thioether (sulfide) groups is 1. The number of methoxy groups -OCH3 is 1. The average Bonchev–Trinajstić information content (AvgIpc) is 3.05. The van der Waals surface area contributed by atoms with E-state index in [0.29, 0.717) is 28.4 Å². The zero-order chi connectivity index (χ0) is 23.4. The van der Waals surface area contributed by atoms with Crippen molar-refractivity contribution in [1.82, 2.24) is 4.90 Å². The summed E-state index contributed by atoms with van der Waals surface area (Å²) in [6, 6.07) is 9.56. The molecular weight excluding hydrogens is 547 g/mol. The predicted molar refractivity (Wildman–Crippen MR) is 131 cm³/mol. The Morgan fingerprint density at radius 3 is 2.53 bits per heavy atom. The summed E-state index contributed by atoms with van der Waals surface area (Å²) in [6.45, 7) is 3.99. The van der Waals surface area contributed by atoms with Crippen molar-refractivity contribution in [2.45, 2.75) is 32.9 Å². The van der Waals surface area contributed by atoms with E-state index in [4.69, 9.17) is 9.47 Å². The number of nitro groups is 1. The van der Waals surface area contributed by atoms with Gasteiger partial charge in [-0.3, -0.25) is 24.6 Å². The van der Waals surface area contributed by atoms with E-state index in [-0.39, 0.29) is 29.5 Å². The van der Waals surface area contributed by atoms with Gasteiger partial charge in [0.05, 0.1) is 20.5 Å². The minimum Gasteiger partial charge on any atom is -0.493 e. The fourth-order valence-corrected chi connectivity index (χ4v) is 4.74. The number of carbonyl (C=O) groups excluding carboxylic acids is 2. The number of nitrogens with zero attached hydrogens (tertiary/aromatic N) is 2. The lowest BCUT2D eigenvalue weighted by Crippen LogP contribution is -2.36. The van der Waals surface area contributed by atoms with E-state index in [1.165, 1.54) is 24.1 Å². The molecule has 2 aromatic carbocycles. The van der Waals surface area contributed by atoms with Crippen molar-refractivity contribution >= 4 is 57.3 Å². The molecule has 8 nitrogen and oxygen atoms in total. The van der Waals surface area contributed by atoms with Gasteiger partial charge in [0.25, 0.3) is 16.8 Å². The van der Waals surface area contributed by atoms with Crippen molar-refractivity contribution in [2.75, 3.05) is 7.11 Å². The molecule has 0 spiro atoms. The van der Waals surface area contributed by atoms with Crippen LogP contribution in [0, 0.1) is 13.7 Å². The van der Waals surface area contributed by atoms with Gasteiger partial charge in [0.15, 0.2) is 11.5 Å². The van der Waals surface area contributed by atoms with Crippen LogP contribution in [0.1, 0.15) is 31.4 Å². The Labute approximate surface area is 203 Å². The summed E-state index contributed by atoms with van der Waals surface area (Å²) in [7, 11) is 1.52. The lowest BCUT2D eigenvalue weighted by molar-refractivity contribution is -0.384. The van der Waals surface area contributed by atoms with E-state index >= 15 is 0 Å². The molecule has 1 fully saturated rings. The highest BCUT2D eigenvalue weighted by Crippen LogP contribution is 2.38. The first kappa shape index (κ1) is 24.1. The van der Waals surface area contributed by atoms with Crippen LogP contribution in [-0.2, 0) is 11.4 Å². The van der Waals surface area contributed by atoms with Gasteiger partial charge in [-0.2, -0.15) is 0 Å². The van der Waals surface area contributed by atoms with E-state index in [9.17, 15) is 19.7 Å². The summed E-state index contributed by atoms with van der Waals surface area (Å²) in [4.78, 5) is 36.9. The number of non-ortho nitro benzene ring substituents is 1. The zero-order valence-corrected chi connectivity index (χ0v) is 20.6. The highest BCUT2D eigenvalue weighted by molar-refractivity contribution is 14.1. The van der Waals surface area contributed by atoms with Gasteiger partial charge in [0.1, 0.15) is 6.61 Å². The van der Waals surface area contributed by atoms with Crippen LogP contribution < -0.4 is 9.47 Å². The molecule has 168 valence electrons. The van der Waals surface area contributed by atoms with Crippen LogP contribution in [0.15, 0.2) is 41.3 Å². The second kappa shape index (κ2) is 10.3. The maximum Gasteiger partial charge on any atom is 0.293 e. The maximum absolute atomic E-state index is 12.7. The largest absolute Gasteiger partial charge is 0.493 e. The van der Waals surface area contributed by atoms with Crippen LogP contribution in [0.4, 0.5) is 10.5 Å². The number of hydrogen-bond donors (Lipinski definition) is 0. The van der Waals surface area contributed by atoms with Crippen LogP contribution >= 0.6 is 34.4 Å². The molecule has 1 aliphatic heterocycles. The third-order valence-electron chi connectivity index (χ3n) is 4.94. The van der Waals surface area contributed by atoms with E-state index in [2.05, 4.69) is 22.6 Å². The molecule has 0 bridgehead atoms. The Hall–Kier alpha value is -2.60. The molecule has 1 aliphatic rings. The molecule has 1 saturated heterocycles. The third-order valence-corrected chi connectivity index (χ3v) is 6.62. The number of amides is 2. The summed E-state index contributed by atoms with van der Waals surface area (Å²) in [5, 5.41) is 10.5. The van der Waals surface area contributed by atoms with E-state index < -0.39 is 4.92 Å². The SMILES string of the molecule is CC[C@@H](C)N1C(=O)S/C(=C/c2cc(I)c(OCc3ccc([N+](=O)[O-])cc3)c(OC)c2)C1=O. The van der Waals surface area contributed by atoms with Gasteiger partial charge >= 0.3 is 0 Å². The molecular formula is C22H21IN2O6S. The molecule has 32 heavy (non-hydrogen) atoms. The van der Waals surface area contributed by atoms with Crippen molar-refractivity contribution in [3.63, 3.8) is 0 Å². The van der Waals surface area contributed by atoms with Crippen molar-refractivity contribution in [1.29, 1.82) is 0 Å². The minimum absolute atomic E-state index is 0.0167. The Morgan fingerprint density at radius 1 is 1.25 bits per heavy atom. The van der Waals surface area contributed by atoms with E-state index in [0.717, 1.165) is 20.9 Å². The summed E-state index contributed by atoms with van der Waals surface area (Å²) in [6.07, 6.45) is 2.37. The minimum atomic E-state index is -0.451. The van der Waals surface area contributed by atoms with Crippen molar-refractivity contribution in [3.05, 3.63) is 66.1 Å². The van der Waals surface area contributed by atoms with E-state index in [1.807, 2.05) is 19.9 Å². The first-order chi connectivity index (χ1) is 15.2. The predicted octanol–water partition coefficient (Wildman–Crippen LogP) is 5.62. The Kier molecular flexibility index (Phi) is 7.77. The quantitative estimate of drug-likeness (QED) is 0.176. The van der Waals surface area contributed by atoms with Crippen LogP contribution in [-0.4, -0.2) is 34.1 Å². The topological polar surface area (TPSA) is 99.0 Å². The molecule has 1 atom stereocenters. The summed E-state index contributed by atoms with van der Waals surface area (Å²) < 4.78 is 12.2. The molecule has 0 unspecified atom stereocenters. The molecule has 0 saturated carbocycles. The number of ether oxygens (including phenoxy) is 2. The van der Waals surface area contributed by atoms with Crippen LogP contribution in [0.25, 0.3) is 6.08 Å². The molecule has 1 heterocycles. The highest BCUT2D eigenvalue weighted by Gasteiger charge is 2.37. The standard InChI is InChI=1S/C22H21IN2O6S/c1-4-13(2)24-21(26)19(32-22(24)27)11-15-9-17(23)20(18(10-15)30-3)31-12-14-5-7-16(8-6-14)25(28)29/h5-11,13H,4,12H2,1-3H3/b19-11+/t13-/m1/s1. The summed E-state index contributed by atoms with van der Waals surface area (Å²) in [5.74, 6) is 0.712. The Morgan fingerprint density at radius 2 is 1.94 bits per heavy atom. The van der Waals surface area contributed by atoms with Crippen molar-refractivity contribution in [3.8, 4) is 11.5 Å². The number of rotatable bonds is 8. The number of carbonyl (C=O) groups is 2. The molecule has 0 aliphatic carbocycles. The lowest BCUT2D eigenvalue weighted by Gasteiger charge is -2.19. The second-order valence-corrected chi connectivity index (χ2v) is 9.21. The highest BCUT2D eigenvalue weighted by atomic mass is 127. The number of hydrogen-bond acceptors (Lipinski definition) is 7. The molecule has 0 N–H and O–H groups in total. The first-order valence-corrected chi connectivity index (χ1v) is 11.6. The normalized spacial score (nSPS) is 15.9. The average molecular weight is 568 g/mol. The number of halogens is 1. The fraction of sp³-hybridized carbons (Fsp3) is 0.273. The van der Waals surface area contributed by atoms with Gasteiger partial charge < -0.3 is 9.47 Å². The smallest absolute Gasteiger partial charge is 0.293 e. The van der Waals surface area contributed by atoms with Gasteiger partial charge in [-0.25, -0.2) is 0 Å². The van der Waals surface area contributed by atoms with Crippen LogP contribution in [0.2, 0.25) is 0 Å². The molecule has 10 heteroatoms. The Bertz CT molecular complexity index is 1090. The summed E-state index contributed by atoms with van der Waals surface area (Å²) >= 11 is 3.05. The fourth-order valence-electron chi connectivity index (χ4n) is 3.03. The third kappa shape index (κ3) is 5.23. The van der Waals surface area contributed by atoms with Gasteiger partial charge in [0, 0.05) is 18.2 Å². The first-order valence-electron chi connectivity index (χ1n) is 9.75. The van der Waals surface area contributed by atoms with Crippen molar-refractivity contribution in [2.24, 2.45) is 0 Å². The van der Waals surface area contributed by atoms with E-state index in [1.54, 1.807) is 24.3 Å². The lowest BCUT2D eigenvalue weighted by atomic mass is 10.1. The number of nitro benzene ring substituents is 1. The van der Waals surface area contributed by atoms with Crippen LogP contribution in [0.3, 0.4) is 0 Å². The molecule has 3 rings (SSSR count). The second-order valence-electron chi connectivity index (χ2n) is 7.06. The van der Waals surface area contributed by atoms with Crippen molar-refractivity contribution < 1.29 is 24.0 Å². The maximum atomic E-state index is 12.7. The number of benzene rings is 2. The monoisotopic (exact) mass is 568 g/mol. The summed E-state index contributed by atoms with van der Waals surface area (Å²) in [5.41, 5.74) is 1.50. The molecule has 2 aromatic rings. The van der Waals surface area contributed by atoms with Gasteiger partial charge in [-0.15, -0.1) is 0 Å². The van der Waals surface area contributed by atoms with Crippen LogP contribution in [0.5, 0.6) is 11.5 Å². The molecule has 0 radical (unpaired) electrons. The number of imide groups is 1. The molecule has 2 amide bonds. The van der Waals surface area contributed by atoms with Gasteiger partial charge in [0.2, 0.25) is 0 Å². The Balaban J connectivity index is 1.81. The van der Waals surface area contributed by atoms with Gasteiger partial charge in [-0.05, 0) is 89.2 Å². The molecule has 0 aromatic heterocycles. The van der Waals surface area contributed by atoms with Gasteiger partial charge in [-0.1, -0.05) is 6.92 Å². The zero-order valence-electron chi connectivity index (χ0n) is 17.7.